The van der Waals surface area contributed by atoms with E-state index in [1.165, 1.54) is 0 Å². The van der Waals surface area contributed by atoms with Crippen LogP contribution in [0.1, 0.15) is 43.1 Å². The summed E-state index contributed by atoms with van der Waals surface area (Å²) < 4.78 is 5.56. The number of ether oxygens (including phenoxy) is 1. The van der Waals surface area contributed by atoms with Crippen LogP contribution < -0.4 is 10.1 Å². The van der Waals surface area contributed by atoms with Crippen molar-refractivity contribution in [1.29, 1.82) is 0 Å². The highest BCUT2D eigenvalue weighted by molar-refractivity contribution is 5.99. The molecule has 0 radical (unpaired) electrons. The van der Waals surface area contributed by atoms with E-state index >= 15 is 0 Å². The van der Waals surface area contributed by atoms with Crippen LogP contribution in [0.4, 0.5) is 0 Å². The second kappa shape index (κ2) is 5.11. The molecule has 98 valence electrons. The lowest BCUT2D eigenvalue weighted by atomic mass is 10.0. The SMILES string of the molecule is CC(C)(C)NCCC(=O)c1cccc2c1OCC2. The van der Waals surface area contributed by atoms with Gasteiger partial charge in [0.1, 0.15) is 5.75 Å². The van der Waals surface area contributed by atoms with Crippen LogP contribution in [0.2, 0.25) is 0 Å². The quantitative estimate of drug-likeness (QED) is 0.831. The Bertz CT molecular complexity index is 446. The topological polar surface area (TPSA) is 38.3 Å². The van der Waals surface area contributed by atoms with Crippen molar-refractivity contribution in [3.05, 3.63) is 29.3 Å². The normalized spacial score (nSPS) is 14.2. The Morgan fingerprint density at radius 3 is 2.89 bits per heavy atom. The van der Waals surface area contributed by atoms with Gasteiger partial charge in [-0.3, -0.25) is 4.79 Å². The fourth-order valence-electron chi connectivity index (χ4n) is 2.12. The number of ketones is 1. The Hall–Kier alpha value is -1.35. The lowest BCUT2D eigenvalue weighted by Gasteiger charge is -2.20. The average Bonchev–Trinajstić information content (AvgIpc) is 2.74. The van der Waals surface area contributed by atoms with E-state index in [-0.39, 0.29) is 11.3 Å². The molecule has 0 unspecified atom stereocenters. The fourth-order valence-corrected chi connectivity index (χ4v) is 2.12. The van der Waals surface area contributed by atoms with Gasteiger partial charge in [-0.15, -0.1) is 0 Å². The zero-order valence-corrected chi connectivity index (χ0v) is 11.4. The Morgan fingerprint density at radius 2 is 2.17 bits per heavy atom. The lowest BCUT2D eigenvalue weighted by Crippen LogP contribution is -2.37. The number of rotatable bonds is 4. The van der Waals surface area contributed by atoms with Crippen LogP contribution in [0.3, 0.4) is 0 Å². The summed E-state index contributed by atoms with van der Waals surface area (Å²) in [4.78, 5) is 12.2. The predicted octanol–water partition coefficient (Wildman–Crippen LogP) is 2.58. The number of hydrogen-bond donors (Lipinski definition) is 1. The van der Waals surface area contributed by atoms with Gasteiger partial charge < -0.3 is 10.1 Å². The van der Waals surface area contributed by atoms with Gasteiger partial charge in [0, 0.05) is 24.9 Å². The van der Waals surface area contributed by atoms with Crippen LogP contribution in [-0.2, 0) is 6.42 Å². The second-order valence-corrected chi connectivity index (χ2v) is 5.74. The third-order valence-electron chi connectivity index (χ3n) is 3.02. The molecular formula is C15H21NO2. The van der Waals surface area contributed by atoms with Crippen LogP contribution in [0, 0.1) is 0 Å². The summed E-state index contributed by atoms with van der Waals surface area (Å²) in [6.45, 7) is 7.69. The molecule has 0 saturated carbocycles. The van der Waals surface area contributed by atoms with Crippen molar-refractivity contribution in [3.63, 3.8) is 0 Å². The molecule has 1 aromatic rings. The first kappa shape index (κ1) is 13.1. The van der Waals surface area contributed by atoms with Crippen LogP contribution in [0.5, 0.6) is 5.75 Å². The van der Waals surface area contributed by atoms with Gasteiger partial charge in [-0.05, 0) is 32.4 Å². The van der Waals surface area contributed by atoms with Crippen molar-refractivity contribution in [1.82, 2.24) is 5.32 Å². The molecule has 0 aromatic heterocycles. The number of carbonyl (C=O) groups is 1. The van der Waals surface area contributed by atoms with E-state index < -0.39 is 0 Å². The first-order chi connectivity index (χ1) is 8.47. The predicted molar refractivity (Wildman–Crippen MR) is 72.3 cm³/mol. The molecule has 0 amide bonds. The number of hydrogen-bond acceptors (Lipinski definition) is 3. The van der Waals surface area contributed by atoms with E-state index in [2.05, 4.69) is 26.1 Å². The summed E-state index contributed by atoms with van der Waals surface area (Å²) >= 11 is 0. The van der Waals surface area contributed by atoms with Crippen molar-refractivity contribution in [2.24, 2.45) is 0 Å². The molecule has 0 saturated heterocycles. The monoisotopic (exact) mass is 247 g/mol. The Morgan fingerprint density at radius 1 is 1.39 bits per heavy atom. The Kier molecular flexibility index (Phi) is 3.71. The van der Waals surface area contributed by atoms with E-state index in [9.17, 15) is 4.79 Å². The standard InChI is InChI=1S/C15H21NO2/c1-15(2,3)16-9-7-13(17)12-6-4-5-11-8-10-18-14(11)12/h4-6,16H,7-10H2,1-3H3. The smallest absolute Gasteiger partial charge is 0.167 e. The molecule has 0 bridgehead atoms. The largest absolute Gasteiger partial charge is 0.492 e. The molecule has 2 rings (SSSR count). The van der Waals surface area contributed by atoms with Gasteiger partial charge >= 0.3 is 0 Å². The van der Waals surface area contributed by atoms with Crippen LogP contribution in [-0.4, -0.2) is 24.5 Å². The van der Waals surface area contributed by atoms with Gasteiger partial charge in [-0.1, -0.05) is 12.1 Å². The van der Waals surface area contributed by atoms with E-state index in [1.807, 2.05) is 18.2 Å². The summed E-state index contributed by atoms with van der Waals surface area (Å²) in [7, 11) is 0. The average molecular weight is 247 g/mol. The molecule has 1 heterocycles. The highest BCUT2D eigenvalue weighted by atomic mass is 16.5. The third-order valence-corrected chi connectivity index (χ3v) is 3.02. The number of benzene rings is 1. The molecule has 3 heteroatoms. The number of fused-ring (bicyclic) bond motifs is 1. The number of Topliss-reactive ketones (excluding diaryl/α,β-unsaturated/α-hetero) is 1. The summed E-state index contributed by atoms with van der Waals surface area (Å²) in [5.41, 5.74) is 1.94. The molecule has 1 N–H and O–H groups in total. The van der Waals surface area contributed by atoms with Gasteiger partial charge in [-0.2, -0.15) is 0 Å². The first-order valence-corrected chi connectivity index (χ1v) is 6.50. The second-order valence-electron chi connectivity index (χ2n) is 5.74. The van der Waals surface area contributed by atoms with Crippen molar-refractivity contribution in [3.8, 4) is 5.75 Å². The van der Waals surface area contributed by atoms with Crippen LogP contribution in [0.15, 0.2) is 18.2 Å². The van der Waals surface area contributed by atoms with Gasteiger partial charge in [0.2, 0.25) is 0 Å². The molecule has 0 atom stereocenters. The van der Waals surface area contributed by atoms with E-state index in [0.29, 0.717) is 19.6 Å². The minimum absolute atomic E-state index is 0.0510. The highest BCUT2D eigenvalue weighted by Gasteiger charge is 2.20. The molecule has 0 fully saturated rings. The summed E-state index contributed by atoms with van der Waals surface area (Å²) in [6, 6.07) is 5.84. The zero-order valence-electron chi connectivity index (χ0n) is 11.4. The van der Waals surface area contributed by atoms with Gasteiger partial charge in [0.15, 0.2) is 5.78 Å². The van der Waals surface area contributed by atoms with Crippen molar-refractivity contribution in [2.45, 2.75) is 39.2 Å². The molecule has 3 nitrogen and oxygen atoms in total. The summed E-state index contributed by atoms with van der Waals surface area (Å²) in [6.07, 6.45) is 1.42. The third kappa shape index (κ3) is 3.10. The molecule has 0 aliphatic carbocycles. The van der Waals surface area contributed by atoms with Crippen molar-refractivity contribution >= 4 is 5.78 Å². The lowest BCUT2D eigenvalue weighted by molar-refractivity contribution is 0.0977. The van der Waals surface area contributed by atoms with Gasteiger partial charge in [0.25, 0.3) is 0 Å². The molecule has 1 aliphatic rings. The van der Waals surface area contributed by atoms with E-state index in [0.717, 1.165) is 23.3 Å². The van der Waals surface area contributed by atoms with Crippen LogP contribution in [0.25, 0.3) is 0 Å². The minimum Gasteiger partial charge on any atom is -0.492 e. The first-order valence-electron chi connectivity index (χ1n) is 6.50. The van der Waals surface area contributed by atoms with E-state index in [4.69, 9.17) is 4.74 Å². The molecule has 1 aromatic carbocycles. The van der Waals surface area contributed by atoms with Gasteiger partial charge in [0.05, 0.1) is 12.2 Å². The molecule has 18 heavy (non-hydrogen) atoms. The minimum atomic E-state index is 0.0510. The fraction of sp³-hybridized carbons (Fsp3) is 0.533. The van der Waals surface area contributed by atoms with Crippen LogP contribution >= 0.6 is 0 Å². The molecular weight excluding hydrogens is 226 g/mol. The number of nitrogens with one attached hydrogen (secondary N) is 1. The maximum atomic E-state index is 12.2. The summed E-state index contributed by atoms with van der Waals surface area (Å²) in [5.74, 6) is 0.962. The Labute approximate surface area is 109 Å². The van der Waals surface area contributed by atoms with Gasteiger partial charge in [-0.25, -0.2) is 0 Å². The van der Waals surface area contributed by atoms with E-state index in [1.54, 1.807) is 0 Å². The zero-order chi connectivity index (χ0) is 13.2. The maximum absolute atomic E-state index is 12.2. The summed E-state index contributed by atoms with van der Waals surface area (Å²) in [5, 5.41) is 3.33. The number of carbonyl (C=O) groups excluding carboxylic acids is 1. The van der Waals surface area contributed by atoms with Crippen molar-refractivity contribution in [2.75, 3.05) is 13.2 Å². The Balaban J connectivity index is 2.00. The van der Waals surface area contributed by atoms with Crippen molar-refractivity contribution < 1.29 is 9.53 Å². The molecule has 0 spiro atoms. The highest BCUT2D eigenvalue weighted by Crippen LogP contribution is 2.30. The maximum Gasteiger partial charge on any atom is 0.167 e. The molecule has 1 aliphatic heterocycles. The number of para-hydroxylation sites is 1.